The summed E-state index contributed by atoms with van der Waals surface area (Å²) in [5.74, 6) is 0.303. The van der Waals surface area contributed by atoms with Crippen LogP contribution in [0.25, 0.3) is 0 Å². The molecule has 1 N–H and O–H groups in total. The van der Waals surface area contributed by atoms with Crippen LogP contribution >= 0.6 is 0 Å². The van der Waals surface area contributed by atoms with Crippen LogP contribution in [0.5, 0.6) is 0 Å². The van der Waals surface area contributed by atoms with Gasteiger partial charge in [-0.15, -0.1) is 0 Å². The number of allylic oxidation sites excluding steroid dienone is 4. The standard InChI is InChI=1S/C12H18O2/c1-9(2)11-6-3-10(4-7-11)5-8-12(13)14/h3,6-7,9-10H,4-5,8H2,1-2H3,(H,13,14). The van der Waals surface area contributed by atoms with Crippen molar-refractivity contribution in [1.82, 2.24) is 0 Å². The normalized spacial score (nSPS) is 21.1. The molecular formula is C12H18O2. The first kappa shape index (κ1) is 11.0. The molecule has 1 aliphatic rings. The largest absolute Gasteiger partial charge is 0.481 e. The number of hydrogen-bond donors (Lipinski definition) is 1. The van der Waals surface area contributed by atoms with E-state index in [1.807, 2.05) is 0 Å². The van der Waals surface area contributed by atoms with E-state index in [2.05, 4.69) is 32.1 Å². The third kappa shape index (κ3) is 3.36. The topological polar surface area (TPSA) is 37.3 Å². The maximum absolute atomic E-state index is 10.4. The molecule has 0 radical (unpaired) electrons. The van der Waals surface area contributed by atoms with Crippen molar-refractivity contribution in [2.75, 3.05) is 0 Å². The van der Waals surface area contributed by atoms with Crippen molar-refractivity contribution < 1.29 is 9.90 Å². The summed E-state index contributed by atoms with van der Waals surface area (Å²) in [6, 6.07) is 0. The Bertz CT molecular complexity index is 261. The molecule has 78 valence electrons. The molecule has 0 spiro atoms. The quantitative estimate of drug-likeness (QED) is 0.747. The number of rotatable bonds is 4. The van der Waals surface area contributed by atoms with Crippen molar-refractivity contribution in [2.45, 2.75) is 33.1 Å². The summed E-state index contributed by atoms with van der Waals surface area (Å²) in [4.78, 5) is 10.4. The zero-order chi connectivity index (χ0) is 10.6. The van der Waals surface area contributed by atoms with Crippen LogP contribution in [0, 0.1) is 11.8 Å². The van der Waals surface area contributed by atoms with Crippen LogP contribution in [0.1, 0.15) is 33.1 Å². The van der Waals surface area contributed by atoms with Crippen molar-refractivity contribution in [2.24, 2.45) is 11.8 Å². The first-order valence-corrected chi connectivity index (χ1v) is 5.19. The average Bonchev–Trinajstić information content (AvgIpc) is 2.15. The number of aliphatic carboxylic acids is 1. The van der Waals surface area contributed by atoms with Crippen molar-refractivity contribution in [3.8, 4) is 0 Å². The molecule has 2 nitrogen and oxygen atoms in total. The Hall–Kier alpha value is -1.05. The van der Waals surface area contributed by atoms with Gasteiger partial charge in [-0.2, -0.15) is 0 Å². The minimum Gasteiger partial charge on any atom is -0.481 e. The number of hydrogen-bond acceptors (Lipinski definition) is 1. The summed E-state index contributed by atoms with van der Waals surface area (Å²) in [5, 5.41) is 8.54. The first-order chi connectivity index (χ1) is 6.59. The van der Waals surface area contributed by atoms with Gasteiger partial charge in [-0.3, -0.25) is 4.79 Å². The molecule has 0 amide bonds. The van der Waals surface area contributed by atoms with Gasteiger partial charge in [-0.1, -0.05) is 32.1 Å². The Morgan fingerprint density at radius 3 is 2.79 bits per heavy atom. The van der Waals surface area contributed by atoms with Crippen molar-refractivity contribution in [3.05, 3.63) is 23.8 Å². The van der Waals surface area contributed by atoms with E-state index in [0.29, 0.717) is 11.8 Å². The monoisotopic (exact) mass is 194 g/mol. The lowest BCUT2D eigenvalue weighted by atomic mass is 9.89. The van der Waals surface area contributed by atoms with E-state index in [1.54, 1.807) is 0 Å². The summed E-state index contributed by atoms with van der Waals surface area (Å²) < 4.78 is 0. The van der Waals surface area contributed by atoms with Crippen LogP contribution in [0.2, 0.25) is 0 Å². The van der Waals surface area contributed by atoms with Crippen molar-refractivity contribution >= 4 is 5.97 Å². The number of carboxylic acids is 1. The second kappa shape index (κ2) is 4.99. The van der Waals surface area contributed by atoms with Crippen molar-refractivity contribution in [3.63, 3.8) is 0 Å². The SMILES string of the molecule is CC(C)C1=CCC(CCC(=O)O)C=C1. The summed E-state index contributed by atoms with van der Waals surface area (Å²) in [5.41, 5.74) is 1.37. The van der Waals surface area contributed by atoms with E-state index in [-0.39, 0.29) is 6.42 Å². The molecule has 1 unspecified atom stereocenters. The maximum Gasteiger partial charge on any atom is 0.303 e. The molecule has 0 saturated carbocycles. The first-order valence-electron chi connectivity index (χ1n) is 5.19. The van der Waals surface area contributed by atoms with Gasteiger partial charge >= 0.3 is 5.97 Å². The highest BCUT2D eigenvalue weighted by molar-refractivity contribution is 5.66. The summed E-state index contributed by atoms with van der Waals surface area (Å²) >= 11 is 0. The molecule has 0 aliphatic heterocycles. The van der Waals surface area contributed by atoms with E-state index >= 15 is 0 Å². The zero-order valence-electron chi connectivity index (χ0n) is 8.86. The van der Waals surface area contributed by atoms with Crippen molar-refractivity contribution in [1.29, 1.82) is 0 Å². The van der Waals surface area contributed by atoms with Crippen LogP contribution in [0.15, 0.2) is 23.8 Å². The van der Waals surface area contributed by atoms with Crippen LogP contribution in [-0.4, -0.2) is 11.1 Å². The molecule has 1 rings (SSSR count). The predicted molar refractivity (Wildman–Crippen MR) is 57.0 cm³/mol. The van der Waals surface area contributed by atoms with Gasteiger partial charge in [0.1, 0.15) is 0 Å². The van der Waals surface area contributed by atoms with Gasteiger partial charge in [-0.25, -0.2) is 0 Å². The fourth-order valence-corrected chi connectivity index (χ4v) is 1.63. The van der Waals surface area contributed by atoms with E-state index in [4.69, 9.17) is 5.11 Å². The van der Waals surface area contributed by atoms with Gasteiger partial charge in [-0.05, 0) is 30.3 Å². The van der Waals surface area contributed by atoms with Gasteiger partial charge < -0.3 is 5.11 Å². The van der Waals surface area contributed by atoms with Gasteiger partial charge in [0.15, 0.2) is 0 Å². The zero-order valence-corrected chi connectivity index (χ0v) is 8.86. The van der Waals surface area contributed by atoms with Gasteiger partial charge in [0, 0.05) is 6.42 Å². The Morgan fingerprint density at radius 2 is 2.36 bits per heavy atom. The molecule has 0 aromatic heterocycles. The van der Waals surface area contributed by atoms with Gasteiger partial charge in [0.2, 0.25) is 0 Å². The lowest BCUT2D eigenvalue weighted by Gasteiger charge is -2.17. The fraction of sp³-hybridized carbons (Fsp3) is 0.583. The molecule has 2 heteroatoms. The minimum absolute atomic E-state index is 0.278. The third-order valence-electron chi connectivity index (χ3n) is 2.61. The van der Waals surface area contributed by atoms with E-state index in [9.17, 15) is 4.79 Å². The van der Waals surface area contributed by atoms with Crippen LogP contribution in [-0.2, 0) is 4.79 Å². The number of carbonyl (C=O) groups is 1. The second-order valence-electron chi connectivity index (χ2n) is 4.15. The van der Waals surface area contributed by atoms with E-state index < -0.39 is 5.97 Å². The Kier molecular flexibility index (Phi) is 3.93. The molecule has 0 bridgehead atoms. The lowest BCUT2D eigenvalue weighted by Crippen LogP contribution is -2.05. The highest BCUT2D eigenvalue weighted by Crippen LogP contribution is 2.24. The van der Waals surface area contributed by atoms with Crippen LogP contribution in [0.4, 0.5) is 0 Å². The summed E-state index contributed by atoms with van der Waals surface area (Å²) in [6.45, 7) is 4.35. The number of carboxylic acid groups (broad SMARTS) is 1. The Balaban J connectivity index is 2.37. The molecule has 14 heavy (non-hydrogen) atoms. The fourth-order valence-electron chi connectivity index (χ4n) is 1.63. The van der Waals surface area contributed by atoms with Crippen LogP contribution in [0.3, 0.4) is 0 Å². The maximum atomic E-state index is 10.4. The second-order valence-corrected chi connectivity index (χ2v) is 4.15. The van der Waals surface area contributed by atoms with E-state index in [1.165, 1.54) is 5.57 Å². The Labute approximate surface area is 85.3 Å². The molecule has 1 aliphatic carbocycles. The highest BCUT2D eigenvalue weighted by atomic mass is 16.4. The molecule has 0 aromatic carbocycles. The smallest absolute Gasteiger partial charge is 0.303 e. The lowest BCUT2D eigenvalue weighted by molar-refractivity contribution is -0.137. The molecule has 0 aromatic rings. The minimum atomic E-state index is -0.697. The van der Waals surface area contributed by atoms with Gasteiger partial charge in [0.05, 0.1) is 0 Å². The molecular weight excluding hydrogens is 176 g/mol. The molecule has 0 saturated heterocycles. The molecule has 1 atom stereocenters. The predicted octanol–water partition coefficient (Wildman–Crippen LogP) is 3.01. The third-order valence-corrected chi connectivity index (χ3v) is 2.61. The summed E-state index contributed by atoms with van der Waals surface area (Å²) in [6.07, 6.45) is 8.56. The van der Waals surface area contributed by atoms with Gasteiger partial charge in [0.25, 0.3) is 0 Å². The average molecular weight is 194 g/mol. The summed E-state index contributed by atoms with van der Waals surface area (Å²) in [7, 11) is 0. The molecule has 0 heterocycles. The van der Waals surface area contributed by atoms with Crippen LogP contribution < -0.4 is 0 Å². The molecule has 0 fully saturated rings. The van der Waals surface area contributed by atoms with E-state index in [0.717, 1.165) is 12.8 Å². The highest BCUT2D eigenvalue weighted by Gasteiger charge is 2.11. The Morgan fingerprint density at radius 1 is 1.64 bits per heavy atom.